The Labute approximate surface area is 114 Å². The normalized spacial score (nSPS) is 11.4. The second kappa shape index (κ2) is 5.16. The Balaban J connectivity index is 2.44. The zero-order valence-corrected chi connectivity index (χ0v) is 11.1. The van der Waals surface area contributed by atoms with Crippen LogP contribution in [0, 0.1) is 24.4 Å². The maximum Gasteiger partial charge on any atom is 0.262 e. The van der Waals surface area contributed by atoms with E-state index in [-0.39, 0.29) is 11.0 Å². The van der Waals surface area contributed by atoms with Gasteiger partial charge in [-0.1, -0.05) is 18.2 Å². The van der Waals surface area contributed by atoms with Crippen molar-refractivity contribution in [3.05, 3.63) is 59.4 Å². The second-order valence-corrected chi connectivity index (χ2v) is 5.77. The standard InChI is InChI=1S/C13H10F3NO2S/c1-8-4-2-3-5-13(8)20(18,19)17-12-7-10(15)9(14)6-11(12)16/h2-7,17H,1H3. The van der Waals surface area contributed by atoms with E-state index < -0.39 is 33.2 Å². The highest BCUT2D eigenvalue weighted by Crippen LogP contribution is 2.23. The maximum atomic E-state index is 13.4. The Bertz CT molecular complexity index is 760. The molecule has 106 valence electrons. The van der Waals surface area contributed by atoms with Gasteiger partial charge in [0.05, 0.1) is 10.6 Å². The molecule has 2 rings (SSSR count). The van der Waals surface area contributed by atoms with Crippen LogP contribution in [0.25, 0.3) is 0 Å². The first-order chi connectivity index (χ1) is 9.31. The van der Waals surface area contributed by atoms with Crippen molar-refractivity contribution in [3.63, 3.8) is 0 Å². The maximum absolute atomic E-state index is 13.4. The lowest BCUT2D eigenvalue weighted by Crippen LogP contribution is -2.15. The molecule has 0 aliphatic carbocycles. The van der Waals surface area contributed by atoms with Gasteiger partial charge in [0, 0.05) is 12.1 Å². The first-order valence-electron chi connectivity index (χ1n) is 5.54. The predicted molar refractivity (Wildman–Crippen MR) is 68.3 cm³/mol. The van der Waals surface area contributed by atoms with Gasteiger partial charge in [-0.15, -0.1) is 0 Å². The molecule has 0 unspecified atom stereocenters. The molecule has 0 heterocycles. The number of anilines is 1. The third-order valence-electron chi connectivity index (χ3n) is 2.64. The molecule has 3 nitrogen and oxygen atoms in total. The summed E-state index contributed by atoms with van der Waals surface area (Å²) in [6, 6.07) is 6.78. The fourth-order valence-electron chi connectivity index (χ4n) is 1.66. The number of nitrogens with one attached hydrogen (secondary N) is 1. The van der Waals surface area contributed by atoms with Crippen LogP contribution in [0.3, 0.4) is 0 Å². The van der Waals surface area contributed by atoms with Gasteiger partial charge in [-0.3, -0.25) is 4.72 Å². The summed E-state index contributed by atoms with van der Waals surface area (Å²) in [5, 5.41) is 0. The van der Waals surface area contributed by atoms with Gasteiger partial charge >= 0.3 is 0 Å². The van der Waals surface area contributed by atoms with Crippen molar-refractivity contribution in [2.75, 3.05) is 4.72 Å². The van der Waals surface area contributed by atoms with Crippen LogP contribution in [0.5, 0.6) is 0 Å². The van der Waals surface area contributed by atoms with Crippen molar-refractivity contribution in [1.29, 1.82) is 0 Å². The monoisotopic (exact) mass is 301 g/mol. The fraction of sp³-hybridized carbons (Fsp3) is 0.0769. The molecular formula is C13H10F3NO2S. The predicted octanol–water partition coefficient (Wildman–Crippen LogP) is 3.21. The highest BCUT2D eigenvalue weighted by atomic mass is 32.2. The van der Waals surface area contributed by atoms with Crippen LogP contribution in [0.4, 0.5) is 18.9 Å². The minimum atomic E-state index is -4.08. The summed E-state index contributed by atoms with van der Waals surface area (Å²) in [4.78, 5) is -0.0656. The minimum Gasteiger partial charge on any atom is -0.277 e. The Kier molecular flexibility index (Phi) is 3.71. The van der Waals surface area contributed by atoms with Crippen molar-refractivity contribution < 1.29 is 21.6 Å². The summed E-state index contributed by atoms with van der Waals surface area (Å²) < 4.78 is 65.3. The molecule has 2 aromatic rings. The van der Waals surface area contributed by atoms with E-state index in [1.807, 2.05) is 4.72 Å². The lowest BCUT2D eigenvalue weighted by atomic mass is 10.2. The molecule has 0 aromatic heterocycles. The quantitative estimate of drug-likeness (QED) is 0.885. The second-order valence-electron chi connectivity index (χ2n) is 4.12. The summed E-state index contributed by atoms with van der Waals surface area (Å²) >= 11 is 0. The molecule has 0 atom stereocenters. The van der Waals surface area contributed by atoms with E-state index in [2.05, 4.69) is 0 Å². The molecule has 0 aliphatic rings. The lowest BCUT2D eigenvalue weighted by molar-refractivity contribution is 0.496. The molecule has 0 amide bonds. The van der Waals surface area contributed by atoms with Crippen LogP contribution < -0.4 is 4.72 Å². The van der Waals surface area contributed by atoms with Gasteiger partial charge in [-0.2, -0.15) is 0 Å². The molecule has 1 N–H and O–H groups in total. The zero-order chi connectivity index (χ0) is 14.9. The highest BCUT2D eigenvalue weighted by molar-refractivity contribution is 7.92. The van der Waals surface area contributed by atoms with Crippen molar-refractivity contribution in [2.24, 2.45) is 0 Å². The van der Waals surface area contributed by atoms with Crippen LogP contribution in [0.1, 0.15) is 5.56 Å². The van der Waals surface area contributed by atoms with Gasteiger partial charge in [0.15, 0.2) is 11.6 Å². The molecule has 0 saturated heterocycles. The Hall–Kier alpha value is -2.02. The number of sulfonamides is 1. The number of rotatable bonds is 3. The third-order valence-corrected chi connectivity index (χ3v) is 4.16. The van der Waals surface area contributed by atoms with Crippen LogP contribution in [-0.4, -0.2) is 8.42 Å². The van der Waals surface area contributed by atoms with E-state index in [4.69, 9.17) is 0 Å². The summed E-state index contributed by atoms with van der Waals surface area (Å²) in [5.74, 6) is -3.92. The fourth-order valence-corrected chi connectivity index (χ4v) is 2.96. The Morgan fingerprint density at radius 3 is 2.20 bits per heavy atom. The van der Waals surface area contributed by atoms with Crippen LogP contribution in [-0.2, 0) is 10.0 Å². The lowest BCUT2D eigenvalue weighted by Gasteiger charge is -2.11. The Morgan fingerprint density at radius 2 is 1.55 bits per heavy atom. The first kappa shape index (κ1) is 14.4. The van der Waals surface area contributed by atoms with Gasteiger partial charge in [0.2, 0.25) is 0 Å². The molecule has 0 spiro atoms. The minimum absolute atomic E-state index is 0.0656. The molecule has 2 aromatic carbocycles. The summed E-state index contributed by atoms with van der Waals surface area (Å²) in [5.41, 5.74) is -0.199. The van der Waals surface area contributed by atoms with Gasteiger partial charge in [-0.25, -0.2) is 21.6 Å². The first-order valence-corrected chi connectivity index (χ1v) is 7.02. The van der Waals surface area contributed by atoms with Crippen LogP contribution >= 0.6 is 0 Å². The van der Waals surface area contributed by atoms with Crippen LogP contribution in [0.2, 0.25) is 0 Å². The van der Waals surface area contributed by atoms with Gasteiger partial charge in [-0.05, 0) is 18.6 Å². The number of hydrogen-bond donors (Lipinski definition) is 1. The van der Waals surface area contributed by atoms with Crippen molar-refractivity contribution in [1.82, 2.24) is 0 Å². The van der Waals surface area contributed by atoms with Crippen molar-refractivity contribution in [3.8, 4) is 0 Å². The molecule has 0 radical (unpaired) electrons. The van der Waals surface area contributed by atoms with E-state index in [1.165, 1.54) is 12.1 Å². The van der Waals surface area contributed by atoms with Crippen LogP contribution in [0.15, 0.2) is 41.3 Å². The average molecular weight is 301 g/mol. The number of halogens is 3. The van der Waals surface area contributed by atoms with E-state index >= 15 is 0 Å². The van der Waals surface area contributed by atoms with Crippen molar-refractivity contribution in [2.45, 2.75) is 11.8 Å². The Morgan fingerprint density at radius 1 is 0.950 bits per heavy atom. The number of benzene rings is 2. The highest BCUT2D eigenvalue weighted by Gasteiger charge is 2.19. The van der Waals surface area contributed by atoms with Gasteiger partial charge in [0.25, 0.3) is 10.0 Å². The van der Waals surface area contributed by atoms with E-state index in [1.54, 1.807) is 19.1 Å². The molecule has 0 bridgehead atoms. The molecular weight excluding hydrogens is 291 g/mol. The molecule has 7 heteroatoms. The molecule has 0 aliphatic heterocycles. The van der Waals surface area contributed by atoms with Gasteiger partial charge in [0.1, 0.15) is 5.82 Å². The number of aryl methyl sites for hydroxylation is 1. The van der Waals surface area contributed by atoms with E-state index in [9.17, 15) is 21.6 Å². The van der Waals surface area contributed by atoms with E-state index in [0.29, 0.717) is 11.6 Å². The molecule has 0 saturated carbocycles. The summed E-state index contributed by atoms with van der Waals surface area (Å²) in [6.45, 7) is 1.57. The summed E-state index contributed by atoms with van der Waals surface area (Å²) in [6.07, 6.45) is 0. The molecule has 20 heavy (non-hydrogen) atoms. The van der Waals surface area contributed by atoms with E-state index in [0.717, 1.165) is 0 Å². The largest absolute Gasteiger partial charge is 0.277 e. The summed E-state index contributed by atoms with van der Waals surface area (Å²) in [7, 11) is -4.08. The zero-order valence-electron chi connectivity index (χ0n) is 10.3. The average Bonchev–Trinajstić information content (AvgIpc) is 2.36. The SMILES string of the molecule is Cc1ccccc1S(=O)(=O)Nc1cc(F)c(F)cc1F. The third kappa shape index (κ3) is 2.77. The van der Waals surface area contributed by atoms with Gasteiger partial charge < -0.3 is 0 Å². The number of hydrogen-bond acceptors (Lipinski definition) is 2. The smallest absolute Gasteiger partial charge is 0.262 e. The molecule has 0 fully saturated rings. The topological polar surface area (TPSA) is 46.2 Å². The van der Waals surface area contributed by atoms with Crippen molar-refractivity contribution >= 4 is 15.7 Å².